The summed E-state index contributed by atoms with van der Waals surface area (Å²) >= 11 is 0. The van der Waals surface area contributed by atoms with Gasteiger partial charge in [-0.3, -0.25) is 4.57 Å². The highest BCUT2D eigenvalue weighted by atomic mass is 16.1. The Balaban J connectivity index is 1.66. The predicted molar refractivity (Wildman–Crippen MR) is 99.0 cm³/mol. The molecule has 2 N–H and O–H groups in total. The SMILES string of the molecule is CC1CCC(n2c(=O)[nH]c3cc(Nc4ccccc4)ccc32)CC1. The van der Waals surface area contributed by atoms with E-state index in [9.17, 15) is 4.79 Å². The molecule has 0 unspecified atom stereocenters. The number of para-hydroxylation sites is 1. The Kier molecular flexibility index (Phi) is 3.89. The summed E-state index contributed by atoms with van der Waals surface area (Å²) in [7, 11) is 0. The van der Waals surface area contributed by atoms with Crippen molar-refractivity contribution in [1.29, 1.82) is 0 Å². The van der Waals surface area contributed by atoms with E-state index in [1.54, 1.807) is 0 Å². The van der Waals surface area contributed by atoms with Crippen molar-refractivity contribution in [3.05, 3.63) is 59.0 Å². The number of benzene rings is 2. The zero-order valence-corrected chi connectivity index (χ0v) is 14.0. The topological polar surface area (TPSA) is 49.8 Å². The zero-order valence-electron chi connectivity index (χ0n) is 14.0. The lowest BCUT2D eigenvalue weighted by Crippen LogP contribution is -2.25. The lowest BCUT2D eigenvalue weighted by Gasteiger charge is -2.27. The minimum absolute atomic E-state index is 0.0152. The molecule has 0 spiro atoms. The molecule has 0 aliphatic heterocycles. The van der Waals surface area contributed by atoms with Crippen molar-refractivity contribution in [3.8, 4) is 0 Å². The summed E-state index contributed by atoms with van der Waals surface area (Å²) in [5, 5.41) is 3.38. The first-order chi connectivity index (χ1) is 11.7. The molecule has 124 valence electrons. The fourth-order valence-electron chi connectivity index (χ4n) is 3.76. The summed E-state index contributed by atoms with van der Waals surface area (Å²) in [5.41, 5.74) is 3.96. The van der Waals surface area contributed by atoms with Gasteiger partial charge in [0, 0.05) is 17.4 Å². The van der Waals surface area contributed by atoms with Crippen LogP contribution in [0.15, 0.2) is 53.3 Å². The van der Waals surface area contributed by atoms with Crippen molar-refractivity contribution in [2.75, 3.05) is 5.32 Å². The van der Waals surface area contributed by atoms with Crippen LogP contribution < -0.4 is 11.0 Å². The first-order valence-electron chi connectivity index (χ1n) is 8.77. The average Bonchev–Trinajstić information content (AvgIpc) is 2.92. The summed E-state index contributed by atoms with van der Waals surface area (Å²) in [4.78, 5) is 15.5. The lowest BCUT2D eigenvalue weighted by molar-refractivity contribution is 0.290. The van der Waals surface area contributed by atoms with Crippen LogP contribution in [0.4, 0.5) is 11.4 Å². The number of anilines is 2. The minimum atomic E-state index is 0.0152. The molecule has 0 atom stereocenters. The quantitative estimate of drug-likeness (QED) is 0.726. The molecular formula is C20H23N3O. The van der Waals surface area contributed by atoms with Gasteiger partial charge in [0.15, 0.2) is 0 Å². The van der Waals surface area contributed by atoms with Crippen molar-refractivity contribution in [3.63, 3.8) is 0 Å². The van der Waals surface area contributed by atoms with Crippen LogP contribution in [0.5, 0.6) is 0 Å². The molecular weight excluding hydrogens is 298 g/mol. The number of hydrogen-bond acceptors (Lipinski definition) is 2. The number of nitrogens with one attached hydrogen (secondary N) is 2. The Morgan fingerprint density at radius 2 is 1.75 bits per heavy atom. The van der Waals surface area contributed by atoms with Gasteiger partial charge >= 0.3 is 5.69 Å². The summed E-state index contributed by atoms with van der Waals surface area (Å²) in [6.07, 6.45) is 4.60. The van der Waals surface area contributed by atoms with E-state index in [4.69, 9.17) is 0 Å². The van der Waals surface area contributed by atoms with Crippen molar-refractivity contribution < 1.29 is 0 Å². The first-order valence-corrected chi connectivity index (χ1v) is 8.77. The Morgan fingerprint density at radius 1 is 1.00 bits per heavy atom. The van der Waals surface area contributed by atoms with Crippen LogP contribution in [-0.4, -0.2) is 9.55 Å². The van der Waals surface area contributed by atoms with Crippen LogP contribution in [0.1, 0.15) is 38.6 Å². The Morgan fingerprint density at radius 3 is 2.50 bits per heavy atom. The standard InChI is InChI=1S/C20H23N3O/c1-14-7-10-17(11-8-14)23-19-12-9-16(13-18(19)22-20(23)24)21-15-5-3-2-4-6-15/h2-6,9,12-14,17,21H,7-8,10-11H2,1H3,(H,22,24). The van der Waals surface area contributed by atoms with E-state index in [2.05, 4.69) is 23.3 Å². The van der Waals surface area contributed by atoms with E-state index in [0.717, 1.165) is 41.2 Å². The van der Waals surface area contributed by atoms with Gasteiger partial charge in [0.2, 0.25) is 0 Å². The molecule has 1 aliphatic carbocycles. The van der Waals surface area contributed by atoms with Crippen LogP contribution in [-0.2, 0) is 0 Å². The zero-order chi connectivity index (χ0) is 16.5. The van der Waals surface area contributed by atoms with Gasteiger partial charge in [0.05, 0.1) is 11.0 Å². The van der Waals surface area contributed by atoms with Gasteiger partial charge < -0.3 is 10.3 Å². The third kappa shape index (κ3) is 2.84. The molecule has 0 radical (unpaired) electrons. The number of rotatable bonds is 3. The Hall–Kier alpha value is -2.49. The molecule has 24 heavy (non-hydrogen) atoms. The molecule has 0 saturated heterocycles. The second-order valence-corrected chi connectivity index (χ2v) is 6.94. The van der Waals surface area contributed by atoms with Gasteiger partial charge in [0.1, 0.15) is 0 Å². The predicted octanol–water partition coefficient (Wildman–Crippen LogP) is 4.82. The van der Waals surface area contributed by atoms with Gasteiger partial charge in [-0.05, 0) is 61.9 Å². The van der Waals surface area contributed by atoms with Crippen molar-refractivity contribution in [2.45, 2.75) is 38.6 Å². The van der Waals surface area contributed by atoms with Crippen molar-refractivity contribution >= 4 is 22.4 Å². The maximum Gasteiger partial charge on any atom is 0.326 e. The monoisotopic (exact) mass is 321 g/mol. The number of H-pyrrole nitrogens is 1. The van der Waals surface area contributed by atoms with E-state index in [0.29, 0.717) is 6.04 Å². The van der Waals surface area contributed by atoms with E-state index in [1.165, 1.54) is 12.8 Å². The summed E-state index contributed by atoms with van der Waals surface area (Å²) in [6.45, 7) is 2.30. The van der Waals surface area contributed by atoms with Crippen LogP contribution >= 0.6 is 0 Å². The van der Waals surface area contributed by atoms with Crippen LogP contribution in [0.3, 0.4) is 0 Å². The molecule has 0 bridgehead atoms. The number of aromatic nitrogens is 2. The van der Waals surface area contributed by atoms with Gasteiger partial charge in [-0.25, -0.2) is 4.79 Å². The molecule has 4 nitrogen and oxygen atoms in total. The Bertz CT molecular complexity index is 886. The van der Waals surface area contributed by atoms with E-state index >= 15 is 0 Å². The summed E-state index contributed by atoms with van der Waals surface area (Å²) in [6, 6.07) is 16.5. The van der Waals surface area contributed by atoms with Gasteiger partial charge in [-0.15, -0.1) is 0 Å². The van der Waals surface area contributed by atoms with Crippen molar-refractivity contribution in [1.82, 2.24) is 9.55 Å². The molecule has 1 heterocycles. The highest BCUT2D eigenvalue weighted by Gasteiger charge is 2.22. The normalized spacial score (nSPS) is 21.0. The lowest BCUT2D eigenvalue weighted by atomic mass is 9.87. The fraction of sp³-hybridized carbons (Fsp3) is 0.350. The number of imidazole rings is 1. The highest BCUT2D eigenvalue weighted by molar-refractivity contribution is 5.81. The maximum atomic E-state index is 12.5. The van der Waals surface area contributed by atoms with E-state index in [1.807, 2.05) is 47.0 Å². The fourth-order valence-corrected chi connectivity index (χ4v) is 3.76. The smallest absolute Gasteiger partial charge is 0.326 e. The maximum absolute atomic E-state index is 12.5. The van der Waals surface area contributed by atoms with Gasteiger partial charge in [-0.2, -0.15) is 0 Å². The van der Waals surface area contributed by atoms with Gasteiger partial charge in [-0.1, -0.05) is 25.1 Å². The number of aromatic amines is 1. The second-order valence-electron chi connectivity index (χ2n) is 6.94. The highest BCUT2D eigenvalue weighted by Crippen LogP contribution is 2.33. The molecule has 4 rings (SSSR count). The average molecular weight is 321 g/mol. The van der Waals surface area contributed by atoms with E-state index in [-0.39, 0.29) is 5.69 Å². The molecule has 1 fully saturated rings. The third-order valence-electron chi connectivity index (χ3n) is 5.13. The summed E-state index contributed by atoms with van der Waals surface area (Å²) in [5.74, 6) is 0.781. The molecule has 1 aliphatic rings. The van der Waals surface area contributed by atoms with Crippen LogP contribution in [0, 0.1) is 5.92 Å². The largest absolute Gasteiger partial charge is 0.355 e. The number of nitrogens with zero attached hydrogens (tertiary/aromatic N) is 1. The molecule has 3 aromatic rings. The third-order valence-corrected chi connectivity index (χ3v) is 5.13. The van der Waals surface area contributed by atoms with Crippen molar-refractivity contribution in [2.24, 2.45) is 5.92 Å². The summed E-state index contributed by atoms with van der Waals surface area (Å²) < 4.78 is 1.97. The number of fused-ring (bicyclic) bond motifs is 1. The molecule has 0 amide bonds. The number of hydrogen-bond donors (Lipinski definition) is 2. The van der Waals surface area contributed by atoms with Gasteiger partial charge in [0.25, 0.3) is 0 Å². The second kappa shape index (κ2) is 6.19. The first kappa shape index (κ1) is 15.1. The molecule has 1 aromatic heterocycles. The molecule has 1 saturated carbocycles. The Labute approximate surface area is 141 Å². The van der Waals surface area contributed by atoms with E-state index < -0.39 is 0 Å². The van der Waals surface area contributed by atoms with Crippen LogP contribution in [0.25, 0.3) is 11.0 Å². The molecule has 4 heteroatoms. The molecule has 2 aromatic carbocycles. The minimum Gasteiger partial charge on any atom is -0.355 e. The van der Waals surface area contributed by atoms with Crippen LogP contribution in [0.2, 0.25) is 0 Å².